The first-order valence-corrected chi connectivity index (χ1v) is 7.52. The predicted molar refractivity (Wildman–Crippen MR) is 80.4 cm³/mol. The van der Waals surface area contributed by atoms with Crippen LogP contribution in [0.25, 0.3) is 0 Å². The second kappa shape index (κ2) is 6.53. The fourth-order valence-corrected chi connectivity index (χ4v) is 3.22. The molecule has 2 nitrogen and oxygen atoms in total. The first-order chi connectivity index (χ1) is 9.19. The number of rotatable bonds is 7. The van der Waals surface area contributed by atoms with E-state index in [-0.39, 0.29) is 0 Å². The van der Waals surface area contributed by atoms with Gasteiger partial charge in [0.05, 0.1) is 6.10 Å². The Kier molecular flexibility index (Phi) is 5.00. The van der Waals surface area contributed by atoms with Gasteiger partial charge in [0.25, 0.3) is 0 Å². The second-order valence-electron chi connectivity index (χ2n) is 5.90. The highest BCUT2D eigenvalue weighted by atomic mass is 16.5. The van der Waals surface area contributed by atoms with E-state index in [2.05, 4.69) is 63.5 Å². The molecule has 1 saturated carbocycles. The standard InChI is InChI=1S/C17H27NO/c1-5-19-17(12(2)3)16(18-4)15-11-14(15)13-9-7-6-8-10-13/h6-10,12,14-18H,5,11H2,1-4H3. The summed E-state index contributed by atoms with van der Waals surface area (Å²) in [5.41, 5.74) is 1.48. The van der Waals surface area contributed by atoms with Gasteiger partial charge in [0, 0.05) is 12.6 Å². The van der Waals surface area contributed by atoms with Crippen molar-refractivity contribution >= 4 is 0 Å². The van der Waals surface area contributed by atoms with Gasteiger partial charge in [-0.05, 0) is 43.7 Å². The largest absolute Gasteiger partial charge is 0.377 e. The van der Waals surface area contributed by atoms with Crippen molar-refractivity contribution in [3.8, 4) is 0 Å². The van der Waals surface area contributed by atoms with Gasteiger partial charge >= 0.3 is 0 Å². The van der Waals surface area contributed by atoms with Crippen molar-refractivity contribution in [2.45, 2.75) is 45.3 Å². The summed E-state index contributed by atoms with van der Waals surface area (Å²) >= 11 is 0. The van der Waals surface area contributed by atoms with Gasteiger partial charge in [0.2, 0.25) is 0 Å². The zero-order valence-electron chi connectivity index (χ0n) is 12.6. The third-order valence-corrected chi connectivity index (χ3v) is 4.23. The molecule has 2 rings (SSSR count). The van der Waals surface area contributed by atoms with E-state index in [1.807, 2.05) is 0 Å². The molecule has 1 aromatic carbocycles. The summed E-state index contributed by atoms with van der Waals surface area (Å²) in [6.07, 6.45) is 1.60. The van der Waals surface area contributed by atoms with E-state index in [1.54, 1.807) is 0 Å². The van der Waals surface area contributed by atoms with Crippen LogP contribution >= 0.6 is 0 Å². The molecular formula is C17H27NO. The summed E-state index contributed by atoms with van der Waals surface area (Å²) in [6.45, 7) is 7.39. The monoisotopic (exact) mass is 261 g/mol. The smallest absolute Gasteiger partial charge is 0.0753 e. The maximum absolute atomic E-state index is 5.98. The van der Waals surface area contributed by atoms with Crippen molar-refractivity contribution in [2.24, 2.45) is 11.8 Å². The van der Waals surface area contributed by atoms with E-state index in [0.29, 0.717) is 29.9 Å². The van der Waals surface area contributed by atoms with Crippen molar-refractivity contribution in [1.82, 2.24) is 5.32 Å². The molecular weight excluding hydrogens is 234 g/mol. The summed E-state index contributed by atoms with van der Waals surface area (Å²) in [4.78, 5) is 0. The lowest BCUT2D eigenvalue weighted by atomic mass is 9.93. The molecule has 0 aliphatic heterocycles. The van der Waals surface area contributed by atoms with Crippen LogP contribution in [0.3, 0.4) is 0 Å². The number of hydrogen-bond acceptors (Lipinski definition) is 2. The van der Waals surface area contributed by atoms with Gasteiger partial charge in [0.15, 0.2) is 0 Å². The fourth-order valence-electron chi connectivity index (χ4n) is 3.22. The molecule has 0 heterocycles. The lowest BCUT2D eigenvalue weighted by molar-refractivity contribution is -0.000598. The zero-order chi connectivity index (χ0) is 13.8. The van der Waals surface area contributed by atoms with E-state index in [0.717, 1.165) is 6.61 Å². The molecule has 1 aromatic rings. The number of benzene rings is 1. The van der Waals surface area contributed by atoms with Crippen LogP contribution in [0.2, 0.25) is 0 Å². The van der Waals surface area contributed by atoms with Crippen molar-refractivity contribution in [1.29, 1.82) is 0 Å². The quantitative estimate of drug-likeness (QED) is 0.812. The lowest BCUT2D eigenvalue weighted by Gasteiger charge is -2.30. The molecule has 1 aliphatic carbocycles. The van der Waals surface area contributed by atoms with E-state index >= 15 is 0 Å². The first-order valence-electron chi connectivity index (χ1n) is 7.52. The maximum Gasteiger partial charge on any atom is 0.0753 e. The summed E-state index contributed by atoms with van der Waals surface area (Å²) in [5, 5.41) is 3.50. The summed E-state index contributed by atoms with van der Waals surface area (Å²) < 4.78 is 5.98. The van der Waals surface area contributed by atoms with Crippen LogP contribution in [0, 0.1) is 11.8 Å². The normalized spacial score (nSPS) is 25.3. The summed E-state index contributed by atoms with van der Waals surface area (Å²) in [7, 11) is 2.07. The third kappa shape index (κ3) is 3.37. The van der Waals surface area contributed by atoms with Crippen molar-refractivity contribution < 1.29 is 4.74 Å². The van der Waals surface area contributed by atoms with E-state index < -0.39 is 0 Å². The minimum absolute atomic E-state index is 0.314. The van der Waals surface area contributed by atoms with Gasteiger partial charge in [-0.25, -0.2) is 0 Å². The van der Waals surface area contributed by atoms with Crippen LogP contribution in [0.15, 0.2) is 30.3 Å². The summed E-state index contributed by atoms with van der Waals surface area (Å²) in [6, 6.07) is 11.3. The fraction of sp³-hybridized carbons (Fsp3) is 0.647. The van der Waals surface area contributed by atoms with E-state index in [1.165, 1.54) is 12.0 Å². The van der Waals surface area contributed by atoms with Gasteiger partial charge in [-0.2, -0.15) is 0 Å². The van der Waals surface area contributed by atoms with Crippen molar-refractivity contribution in [2.75, 3.05) is 13.7 Å². The lowest BCUT2D eigenvalue weighted by Crippen LogP contribution is -2.44. The number of hydrogen-bond donors (Lipinski definition) is 1. The molecule has 0 spiro atoms. The Balaban J connectivity index is 2.04. The maximum atomic E-state index is 5.98. The average molecular weight is 261 g/mol. The highest BCUT2D eigenvalue weighted by molar-refractivity contribution is 5.27. The Morgan fingerprint density at radius 1 is 1.26 bits per heavy atom. The molecule has 0 aromatic heterocycles. The predicted octanol–water partition coefficient (Wildman–Crippen LogP) is 3.44. The second-order valence-corrected chi connectivity index (χ2v) is 5.90. The molecule has 1 aliphatic rings. The Morgan fingerprint density at radius 2 is 1.95 bits per heavy atom. The number of nitrogens with one attached hydrogen (secondary N) is 1. The Bertz CT molecular complexity index is 376. The Hall–Kier alpha value is -0.860. The van der Waals surface area contributed by atoms with Gasteiger partial charge in [-0.15, -0.1) is 0 Å². The highest BCUT2D eigenvalue weighted by Crippen LogP contribution is 2.50. The molecule has 0 bridgehead atoms. The molecule has 4 atom stereocenters. The van der Waals surface area contributed by atoms with Crippen LogP contribution in [0.1, 0.15) is 38.7 Å². The van der Waals surface area contributed by atoms with E-state index in [9.17, 15) is 0 Å². The molecule has 1 N–H and O–H groups in total. The van der Waals surface area contributed by atoms with Crippen LogP contribution in [0.5, 0.6) is 0 Å². The minimum atomic E-state index is 0.314. The van der Waals surface area contributed by atoms with Gasteiger partial charge in [-0.1, -0.05) is 44.2 Å². The molecule has 106 valence electrons. The average Bonchev–Trinajstić information content (AvgIpc) is 3.20. The van der Waals surface area contributed by atoms with Crippen LogP contribution in [0.4, 0.5) is 0 Å². The van der Waals surface area contributed by atoms with Crippen molar-refractivity contribution in [3.63, 3.8) is 0 Å². The van der Waals surface area contributed by atoms with Crippen LogP contribution in [-0.4, -0.2) is 25.8 Å². The molecule has 2 heteroatoms. The first kappa shape index (κ1) is 14.5. The zero-order valence-corrected chi connectivity index (χ0v) is 12.6. The Labute approximate surface area is 117 Å². The SMILES string of the molecule is CCOC(C(C)C)C(NC)C1CC1c1ccccc1. The van der Waals surface area contributed by atoms with Crippen molar-refractivity contribution in [3.05, 3.63) is 35.9 Å². The summed E-state index contributed by atoms with van der Waals surface area (Å²) in [5.74, 6) is 1.97. The number of likely N-dealkylation sites (N-methyl/N-ethyl adjacent to an activating group) is 1. The molecule has 0 amide bonds. The Morgan fingerprint density at radius 3 is 2.47 bits per heavy atom. The van der Waals surface area contributed by atoms with Gasteiger partial charge in [-0.3, -0.25) is 0 Å². The van der Waals surface area contributed by atoms with Crippen LogP contribution < -0.4 is 5.32 Å². The number of ether oxygens (including phenoxy) is 1. The minimum Gasteiger partial charge on any atom is -0.377 e. The molecule has 0 radical (unpaired) electrons. The molecule has 19 heavy (non-hydrogen) atoms. The van der Waals surface area contributed by atoms with E-state index in [4.69, 9.17) is 4.74 Å². The van der Waals surface area contributed by atoms with Crippen LogP contribution in [-0.2, 0) is 4.74 Å². The molecule has 4 unspecified atom stereocenters. The van der Waals surface area contributed by atoms with Gasteiger partial charge < -0.3 is 10.1 Å². The highest BCUT2D eigenvalue weighted by Gasteiger charge is 2.46. The molecule has 0 saturated heterocycles. The van der Waals surface area contributed by atoms with Gasteiger partial charge in [0.1, 0.15) is 0 Å². The third-order valence-electron chi connectivity index (χ3n) is 4.23. The molecule has 1 fully saturated rings. The topological polar surface area (TPSA) is 21.3 Å².